The van der Waals surface area contributed by atoms with E-state index < -0.39 is 43.0 Å². The van der Waals surface area contributed by atoms with Crippen molar-refractivity contribution in [2.75, 3.05) is 72.0 Å². The van der Waals surface area contributed by atoms with Crippen molar-refractivity contribution in [2.45, 2.75) is 36.6 Å². The summed E-state index contributed by atoms with van der Waals surface area (Å²) in [6.07, 6.45) is 2.85. The third-order valence-electron chi connectivity index (χ3n) is 6.92. The lowest BCUT2D eigenvalue weighted by Gasteiger charge is -2.35. The molecule has 4 N–H and O–H groups in total. The number of carboxylic acid groups (broad SMARTS) is 4. The van der Waals surface area contributed by atoms with Gasteiger partial charge >= 0.3 is 23.9 Å². The van der Waals surface area contributed by atoms with E-state index in [1.165, 1.54) is 4.90 Å². The molecule has 0 saturated carbocycles. The van der Waals surface area contributed by atoms with Gasteiger partial charge in [-0.1, -0.05) is 18.6 Å². The molecular formula is C27H39N5O8S. The third-order valence-corrected chi connectivity index (χ3v) is 7.52. The zero-order chi connectivity index (χ0) is 30.2. The zero-order valence-electron chi connectivity index (χ0n) is 23.1. The summed E-state index contributed by atoms with van der Waals surface area (Å²) in [4.78, 5) is 53.8. The number of hydrogen-bond donors (Lipinski definition) is 4. The number of carboxylic acids is 4. The van der Waals surface area contributed by atoms with Crippen LogP contribution in [0, 0.1) is 10.7 Å². The largest absolute Gasteiger partial charge is 0.480 e. The first kappa shape index (κ1) is 34.0. The van der Waals surface area contributed by atoms with E-state index in [0.717, 1.165) is 41.5 Å². The molecule has 1 aliphatic heterocycles. The van der Waals surface area contributed by atoms with Crippen molar-refractivity contribution in [3.05, 3.63) is 29.8 Å². The summed E-state index contributed by atoms with van der Waals surface area (Å²) in [6.45, 7) is 1.75. The molecule has 14 heteroatoms. The Bertz CT molecular complexity index is 1010. The average molecular weight is 594 g/mol. The fourth-order valence-corrected chi connectivity index (χ4v) is 5.28. The summed E-state index contributed by atoms with van der Waals surface area (Å²) in [5.74, 6) is -4.22. The van der Waals surface area contributed by atoms with Gasteiger partial charge < -0.3 is 20.4 Å². The quantitative estimate of drug-likeness (QED) is 0.113. The van der Waals surface area contributed by atoms with E-state index in [1.54, 1.807) is 9.80 Å². The lowest BCUT2D eigenvalue weighted by atomic mass is 10.0. The smallest absolute Gasteiger partial charge is 0.317 e. The predicted octanol–water partition coefficient (Wildman–Crippen LogP) is 0.901. The number of nitrogens with zero attached hydrogens (tertiary/aromatic N) is 5. The van der Waals surface area contributed by atoms with Gasteiger partial charge in [-0.25, -0.2) is 0 Å². The van der Waals surface area contributed by atoms with Crippen LogP contribution in [0.4, 0.5) is 0 Å². The second kappa shape index (κ2) is 18.3. The van der Waals surface area contributed by atoms with Crippen molar-refractivity contribution in [2.24, 2.45) is 0 Å². The molecule has 0 aromatic heterocycles. The highest BCUT2D eigenvalue weighted by Gasteiger charge is 2.27. The van der Waals surface area contributed by atoms with Crippen LogP contribution in [-0.4, -0.2) is 142 Å². The van der Waals surface area contributed by atoms with Gasteiger partial charge in [-0.3, -0.25) is 38.8 Å². The van der Waals surface area contributed by atoms with Gasteiger partial charge in [-0.05, 0) is 48.7 Å². The van der Waals surface area contributed by atoms with E-state index in [9.17, 15) is 39.6 Å². The number of unbranched alkanes of at least 4 members (excludes halogenated alkanes) is 1. The Labute approximate surface area is 243 Å². The van der Waals surface area contributed by atoms with Crippen LogP contribution >= 0.6 is 11.8 Å². The second-order valence-corrected chi connectivity index (χ2v) is 10.9. The van der Waals surface area contributed by atoms with Gasteiger partial charge in [0, 0.05) is 56.8 Å². The minimum atomic E-state index is -1.13. The Morgan fingerprint density at radius 1 is 0.780 bits per heavy atom. The van der Waals surface area contributed by atoms with Crippen LogP contribution < -0.4 is 0 Å². The zero-order valence-corrected chi connectivity index (χ0v) is 23.9. The average Bonchev–Trinajstić information content (AvgIpc) is 2.97. The van der Waals surface area contributed by atoms with E-state index in [2.05, 4.69) is 0 Å². The number of thiocyanates is 1. The Morgan fingerprint density at radius 2 is 1.27 bits per heavy atom. The third kappa shape index (κ3) is 14.3. The molecule has 1 aromatic carbocycles. The Balaban J connectivity index is 2.14. The fourth-order valence-electron chi connectivity index (χ4n) is 4.90. The van der Waals surface area contributed by atoms with Crippen molar-refractivity contribution in [3.63, 3.8) is 0 Å². The maximum absolute atomic E-state index is 11.6. The van der Waals surface area contributed by atoms with Crippen LogP contribution in [0.25, 0.3) is 0 Å². The molecule has 0 amide bonds. The van der Waals surface area contributed by atoms with Crippen LogP contribution in [0.1, 0.15) is 24.8 Å². The lowest BCUT2D eigenvalue weighted by molar-refractivity contribution is -0.143. The Hall–Kier alpha value is -3.22. The molecule has 0 bridgehead atoms. The molecule has 1 aliphatic rings. The second-order valence-electron chi connectivity index (χ2n) is 10.1. The summed E-state index contributed by atoms with van der Waals surface area (Å²) in [5, 5.41) is 48.4. The first-order chi connectivity index (χ1) is 19.5. The minimum Gasteiger partial charge on any atom is -0.480 e. The summed E-state index contributed by atoms with van der Waals surface area (Å²) in [7, 11) is 0. The van der Waals surface area contributed by atoms with Crippen LogP contribution in [0.5, 0.6) is 0 Å². The molecule has 0 spiro atoms. The summed E-state index contributed by atoms with van der Waals surface area (Å²) < 4.78 is 0. The van der Waals surface area contributed by atoms with E-state index in [0.29, 0.717) is 52.2 Å². The van der Waals surface area contributed by atoms with Gasteiger partial charge in [-0.15, -0.1) is 0 Å². The highest BCUT2D eigenvalue weighted by atomic mass is 32.2. The summed E-state index contributed by atoms with van der Waals surface area (Å²) in [5.41, 5.74) is 1.11. The Kier molecular flexibility index (Phi) is 15.1. The van der Waals surface area contributed by atoms with Crippen molar-refractivity contribution in [1.29, 1.82) is 5.26 Å². The predicted molar refractivity (Wildman–Crippen MR) is 151 cm³/mol. The molecular weight excluding hydrogens is 554 g/mol. The summed E-state index contributed by atoms with van der Waals surface area (Å²) >= 11 is 1.09. The van der Waals surface area contributed by atoms with Crippen molar-refractivity contribution >= 4 is 35.6 Å². The maximum Gasteiger partial charge on any atom is 0.317 e. The van der Waals surface area contributed by atoms with E-state index in [1.807, 2.05) is 34.6 Å². The van der Waals surface area contributed by atoms with Crippen molar-refractivity contribution < 1.29 is 39.6 Å². The molecule has 226 valence electrons. The van der Waals surface area contributed by atoms with Crippen molar-refractivity contribution in [1.82, 2.24) is 19.6 Å². The first-order valence-electron chi connectivity index (χ1n) is 13.5. The van der Waals surface area contributed by atoms with Gasteiger partial charge in [0.1, 0.15) is 5.40 Å². The van der Waals surface area contributed by atoms with Gasteiger partial charge in [0.2, 0.25) is 0 Å². The Morgan fingerprint density at radius 3 is 1.71 bits per heavy atom. The number of thioether (sulfide) groups is 1. The van der Waals surface area contributed by atoms with Crippen molar-refractivity contribution in [3.8, 4) is 5.40 Å². The highest BCUT2D eigenvalue weighted by Crippen LogP contribution is 2.19. The van der Waals surface area contributed by atoms with Gasteiger partial charge in [0.05, 0.1) is 26.2 Å². The lowest BCUT2D eigenvalue weighted by Crippen LogP contribution is -2.50. The SMILES string of the molecule is N#CSc1ccc(CCCCC(CN2CCN(CC(=O)O)CCN(CC(=O)O)CC2)N(CC(=O)O)CC(=O)O)cc1. The molecule has 41 heavy (non-hydrogen) atoms. The number of hydrogen-bond acceptors (Lipinski definition) is 10. The fraction of sp³-hybridized carbons (Fsp3) is 0.593. The maximum atomic E-state index is 11.6. The summed E-state index contributed by atoms with van der Waals surface area (Å²) in [6, 6.07) is 7.32. The van der Waals surface area contributed by atoms with Crippen LogP contribution in [0.15, 0.2) is 29.2 Å². The number of nitriles is 1. The van der Waals surface area contributed by atoms with E-state index in [4.69, 9.17) is 5.26 Å². The monoisotopic (exact) mass is 593 g/mol. The topological polar surface area (TPSA) is 186 Å². The molecule has 1 fully saturated rings. The van der Waals surface area contributed by atoms with E-state index >= 15 is 0 Å². The molecule has 2 rings (SSSR count). The van der Waals surface area contributed by atoms with Crippen LogP contribution in [0.3, 0.4) is 0 Å². The number of aliphatic carboxylic acids is 4. The normalized spacial score (nSPS) is 16.3. The molecule has 1 aromatic rings. The molecule has 0 aliphatic carbocycles. The molecule has 1 heterocycles. The van der Waals surface area contributed by atoms with Crippen LogP contribution in [0.2, 0.25) is 0 Å². The molecule has 13 nitrogen and oxygen atoms in total. The number of benzene rings is 1. The van der Waals surface area contributed by atoms with Gasteiger partial charge in [0.25, 0.3) is 0 Å². The molecule has 1 atom stereocenters. The number of rotatable bonds is 17. The standard InChI is InChI=1S/C27H39N5O8S/c28-20-41-23-7-5-21(6-8-23)3-1-2-4-22(32(18-26(37)38)19-27(39)40)15-29-9-11-30(16-24(33)34)13-14-31(12-10-29)17-25(35)36/h5-8,22H,1-4,9-19H2,(H,33,34)(H,35,36)(H,37,38)(H,39,40). The minimum absolute atomic E-state index is 0.182. The molecule has 1 unspecified atom stereocenters. The molecule has 0 radical (unpaired) electrons. The van der Waals surface area contributed by atoms with Crippen LogP contribution in [-0.2, 0) is 25.6 Å². The number of aryl methyl sites for hydroxylation is 1. The molecule has 1 saturated heterocycles. The van der Waals surface area contributed by atoms with Gasteiger partial charge in [0.15, 0.2) is 0 Å². The van der Waals surface area contributed by atoms with Gasteiger partial charge in [-0.2, -0.15) is 5.26 Å². The number of carbonyl (C=O) groups is 4. The first-order valence-corrected chi connectivity index (χ1v) is 14.3. The highest BCUT2D eigenvalue weighted by molar-refractivity contribution is 8.03. The van der Waals surface area contributed by atoms with E-state index in [-0.39, 0.29) is 13.1 Å².